The molecule has 1 heterocycles. The highest BCUT2D eigenvalue weighted by molar-refractivity contribution is 14.0. The topological polar surface area (TPSA) is 66.0 Å². The number of nitrogens with zero attached hydrogens (tertiary/aromatic N) is 2. The van der Waals surface area contributed by atoms with Gasteiger partial charge in [-0.3, -0.25) is 4.79 Å². The molecular weight excluding hydrogens is 481 g/mol. The Bertz CT molecular complexity index is 673. The van der Waals surface area contributed by atoms with Crippen LogP contribution in [0.2, 0.25) is 0 Å². The number of rotatable bonds is 7. The zero-order valence-electron chi connectivity index (χ0n) is 16.5. The first-order chi connectivity index (χ1) is 12.9. The highest BCUT2D eigenvalue weighted by Gasteiger charge is 2.27. The van der Waals surface area contributed by atoms with Gasteiger partial charge in [-0.05, 0) is 25.5 Å². The summed E-state index contributed by atoms with van der Waals surface area (Å²) in [6, 6.07) is 3.34. The van der Waals surface area contributed by atoms with Crippen LogP contribution in [0.15, 0.2) is 23.2 Å². The second-order valence-corrected chi connectivity index (χ2v) is 6.75. The Kier molecular flexibility index (Phi) is 10.5. The fourth-order valence-electron chi connectivity index (χ4n) is 2.86. The number of hydrogen-bond acceptors (Lipinski definition) is 3. The van der Waals surface area contributed by atoms with Gasteiger partial charge in [0.2, 0.25) is 5.91 Å². The van der Waals surface area contributed by atoms with Gasteiger partial charge in [0.1, 0.15) is 12.4 Å². The number of guanidine groups is 1. The van der Waals surface area contributed by atoms with Crippen LogP contribution in [-0.2, 0) is 4.79 Å². The molecule has 0 spiro atoms. The predicted molar refractivity (Wildman–Crippen MR) is 116 cm³/mol. The first-order valence-electron chi connectivity index (χ1n) is 9.32. The molecule has 1 atom stereocenters. The van der Waals surface area contributed by atoms with E-state index in [2.05, 4.69) is 15.6 Å². The molecule has 1 saturated heterocycles. The molecule has 1 aliphatic rings. The number of carbonyl (C=O) groups is 1. The van der Waals surface area contributed by atoms with Crippen molar-refractivity contribution in [2.75, 3.05) is 32.8 Å². The second kappa shape index (κ2) is 12.0. The van der Waals surface area contributed by atoms with E-state index in [1.54, 1.807) is 0 Å². The van der Waals surface area contributed by atoms with Crippen molar-refractivity contribution in [1.29, 1.82) is 0 Å². The third kappa shape index (κ3) is 7.40. The van der Waals surface area contributed by atoms with Crippen LogP contribution in [0.1, 0.15) is 27.2 Å². The van der Waals surface area contributed by atoms with Gasteiger partial charge < -0.3 is 20.3 Å². The maximum atomic E-state index is 13.5. The molecule has 1 aromatic carbocycles. The maximum Gasteiger partial charge on any atom is 0.225 e. The number of hydrogen-bond donors (Lipinski definition) is 2. The molecule has 28 heavy (non-hydrogen) atoms. The Morgan fingerprint density at radius 1 is 1.39 bits per heavy atom. The molecule has 1 aliphatic heterocycles. The number of ether oxygens (including phenoxy) is 1. The normalized spacial score (nSPS) is 16.7. The zero-order valence-corrected chi connectivity index (χ0v) is 18.8. The minimum absolute atomic E-state index is 0. The summed E-state index contributed by atoms with van der Waals surface area (Å²) in [5, 5.41) is 6.47. The van der Waals surface area contributed by atoms with E-state index >= 15 is 0 Å². The van der Waals surface area contributed by atoms with Crippen molar-refractivity contribution in [2.45, 2.75) is 33.2 Å². The summed E-state index contributed by atoms with van der Waals surface area (Å²) in [4.78, 5) is 18.4. The van der Waals surface area contributed by atoms with Crippen LogP contribution in [0.4, 0.5) is 8.78 Å². The fourth-order valence-corrected chi connectivity index (χ4v) is 2.86. The van der Waals surface area contributed by atoms with Gasteiger partial charge >= 0.3 is 0 Å². The third-order valence-corrected chi connectivity index (χ3v) is 4.19. The standard InChI is InChI=1S/C19H28F2N4O2.HI/c1-4-22-19(24-15-7-9-25(12-15)18(26)13(2)3)23-8-10-27-17-6-5-14(20)11-16(17)21;/h5-6,11,13,15H,4,7-10,12H2,1-3H3,(H2,22,23,24);1H. The molecule has 9 heteroatoms. The Hall–Kier alpha value is -1.65. The molecule has 0 radical (unpaired) electrons. The fraction of sp³-hybridized carbons (Fsp3) is 0.579. The molecule has 1 fully saturated rings. The smallest absolute Gasteiger partial charge is 0.225 e. The third-order valence-electron chi connectivity index (χ3n) is 4.19. The van der Waals surface area contributed by atoms with Crippen molar-refractivity contribution >= 4 is 35.8 Å². The number of likely N-dealkylation sites (tertiary alicyclic amines) is 1. The molecule has 6 nitrogen and oxygen atoms in total. The van der Waals surface area contributed by atoms with Crippen molar-refractivity contribution < 1.29 is 18.3 Å². The Morgan fingerprint density at radius 2 is 2.14 bits per heavy atom. The molecule has 0 aromatic heterocycles. The highest BCUT2D eigenvalue weighted by Crippen LogP contribution is 2.17. The molecule has 1 unspecified atom stereocenters. The number of nitrogens with one attached hydrogen (secondary N) is 2. The average Bonchev–Trinajstić information content (AvgIpc) is 3.08. The summed E-state index contributed by atoms with van der Waals surface area (Å²) in [5.74, 6) is -0.582. The van der Waals surface area contributed by atoms with Gasteiger partial charge in [-0.1, -0.05) is 13.8 Å². The summed E-state index contributed by atoms with van der Waals surface area (Å²) in [6.45, 7) is 8.33. The molecular formula is C19H29F2IN4O2. The summed E-state index contributed by atoms with van der Waals surface area (Å²) in [6.07, 6.45) is 0.861. The molecule has 0 aliphatic carbocycles. The Labute approximate surface area is 182 Å². The average molecular weight is 510 g/mol. The van der Waals surface area contributed by atoms with Crippen LogP contribution in [-0.4, -0.2) is 55.6 Å². The van der Waals surface area contributed by atoms with Gasteiger partial charge in [-0.25, -0.2) is 13.8 Å². The van der Waals surface area contributed by atoms with Crippen LogP contribution < -0.4 is 15.4 Å². The van der Waals surface area contributed by atoms with Gasteiger partial charge in [-0.15, -0.1) is 24.0 Å². The van der Waals surface area contributed by atoms with E-state index in [0.29, 0.717) is 25.6 Å². The number of halogens is 3. The molecule has 0 saturated carbocycles. The lowest BCUT2D eigenvalue weighted by Crippen LogP contribution is -2.45. The van der Waals surface area contributed by atoms with Gasteiger partial charge in [0.15, 0.2) is 17.5 Å². The molecule has 1 amide bonds. The number of benzene rings is 1. The van der Waals surface area contributed by atoms with Gasteiger partial charge in [-0.2, -0.15) is 0 Å². The van der Waals surface area contributed by atoms with Gasteiger partial charge in [0, 0.05) is 37.7 Å². The number of carbonyl (C=O) groups excluding carboxylic acids is 1. The Morgan fingerprint density at radius 3 is 2.79 bits per heavy atom. The lowest BCUT2D eigenvalue weighted by molar-refractivity contribution is -0.133. The van der Waals surface area contributed by atoms with Crippen molar-refractivity contribution in [3.8, 4) is 5.75 Å². The van der Waals surface area contributed by atoms with Crippen molar-refractivity contribution in [3.05, 3.63) is 29.8 Å². The first kappa shape index (κ1) is 24.4. The first-order valence-corrected chi connectivity index (χ1v) is 9.32. The summed E-state index contributed by atoms with van der Waals surface area (Å²) >= 11 is 0. The minimum atomic E-state index is -0.732. The van der Waals surface area contributed by atoms with Crippen molar-refractivity contribution in [1.82, 2.24) is 15.5 Å². The molecule has 2 rings (SSSR count). The largest absolute Gasteiger partial charge is 0.489 e. The number of amides is 1. The maximum absolute atomic E-state index is 13.5. The summed E-state index contributed by atoms with van der Waals surface area (Å²) in [5.41, 5.74) is 0. The lowest BCUT2D eigenvalue weighted by atomic mass is 10.2. The van der Waals surface area contributed by atoms with E-state index in [-0.39, 0.29) is 54.2 Å². The van der Waals surface area contributed by atoms with Crippen LogP contribution in [0.5, 0.6) is 5.75 Å². The van der Waals surface area contributed by atoms with E-state index in [4.69, 9.17) is 4.74 Å². The van der Waals surface area contributed by atoms with Gasteiger partial charge in [0.25, 0.3) is 0 Å². The molecule has 2 N–H and O–H groups in total. The van der Waals surface area contributed by atoms with Crippen LogP contribution in [0.25, 0.3) is 0 Å². The predicted octanol–water partition coefficient (Wildman–Crippen LogP) is 2.77. The quantitative estimate of drug-likeness (QED) is 0.256. The van der Waals surface area contributed by atoms with Crippen LogP contribution in [0.3, 0.4) is 0 Å². The second-order valence-electron chi connectivity index (χ2n) is 6.75. The van der Waals surface area contributed by atoms with E-state index in [9.17, 15) is 13.6 Å². The van der Waals surface area contributed by atoms with E-state index in [1.165, 1.54) is 6.07 Å². The van der Waals surface area contributed by atoms with Crippen LogP contribution in [0, 0.1) is 17.6 Å². The van der Waals surface area contributed by atoms with E-state index < -0.39 is 11.6 Å². The monoisotopic (exact) mass is 510 g/mol. The highest BCUT2D eigenvalue weighted by atomic mass is 127. The minimum Gasteiger partial charge on any atom is -0.489 e. The van der Waals surface area contributed by atoms with Crippen LogP contribution >= 0.6 is 24.0 Å². The van der Waals surface area contributed by atoms with E-state index in [1.807, 2.05) is 25.7 Å². The molecule has 0 bridgehead atoms. The molecule has 1 aromatic rings. The zero-order chi connectivity index (χ0) is 19.8. The summed E-state index contributed by atoms with van der Waals surface area (Å²) in [7, 11) is 0. The molecule has 158 valence electrons. The Balaban J connectivity index is 0.00000392. The van der Waals surface area contributed by atoms with Crippen molar-refractivity contribution in [2.24, 2.45) is 10.9 Å². The number of aliphatic imine (C=N–C) groups is 1. The van der Waals surface area contributed by atoms with E-state index in [0.717, 1.165) is 25.1 Å². The van der Waals surface area contributed by atoms with Crippen molar-refractivity contribution in [3.63, 3.8) is 0 Å². The van der Waals surface area contributed by atoms with Gasteiger partial charge in [0.05, 0.1) is 6.54 Å². The SMILES string of the molecule is CCNC(=NCCOc1ccc(F)cc1F)NC1CCN(C(=O)C(C)C)C1.I. The summed E-state index contributed by atoms with van der Waals surface area (Å²) < 4.78 is 31.7. The lowest BCUT2D eigenvalue weighted by Gasteiger charge is -2.20.